The molecule has 0 amide bonds. The fourth-order valence-corrected chi connectivity index (χ4v) is 8.90. The van der Waals surface area contributed by atoms with E-state index in [4.69, 9.17) is 6.58 Å². The largest absolute Gasteiger partial charge is 0.309 e. The van der Waals surface area contributed by atoms with Crippen molar-refractivity contribution in [2.45, 2.75) is 5.41 Å². The van der Waals surface area contributed by atoms with Crippen LogP contribution in [0.3, 0.4) is 0 Å². The summed E-state index contributed by atoms with van der Waals surface area (Å²) in [4.78, 5) is 0. The van der Waals surface area contributed by atoms with Crippen LogP contribution in [-0.2, 0) is 5.41 Å². The predicted octanol–water partition coefficient (Wildman–Crippen LogP) is 12.7. The van der Waals surface area contributed by atoms with Crippen LogP contribution in [0.25, 0.3) is 60.2 Å². The van der Waals surface area contributed by atoms with Crippen molar-refractivity contribution in [1.29, 1.82) is 0 Å². The van der Waals surface area contributed by atoms with Gasteiger partial charge in [0.15, 0.2) is 0 Å². The summed E-state index contributed by atoms with van der Waals surface area (Å²) in [5.41, 5.74) is 10.2. The highest BCUT2D eigenvalue weighted by molar-refractivity contribution is 8.34. The standard InChI is InChI=1S/C48H39NS/c1-33(17-13-14-30-50(2,3)4)48(36-20-15-19-34(31-36)42-32-35-18-5-6-21-37(35)38-22-7-8-23-39(38)42)43-26-10-12-29-46(43)49-45-28-11-9-24-40(45)41-25-16-27-44(48)47(41)49/h5-32H,1H2,2-4H3/b17-13-,30-14-. The molecule has 9 rings (SSSR count). The van der Waals surface area contributed by atoms with Gasteiger partial charge in [0.1, 0.15) is 0 Å². The molecule has 0 bridgehead atoms. The minimum Gasteiger partial charge on any atom is -0.309 e. The van der Waals surface area contributed by atoms with Crippen LogP contribution in [0.2, 0.25) is 0 Å². The number of aromatic nitrogens is 1. The molecule has 1 atom stereocenters. The maximum absolute atomic E-state index is 4.94. The lowest BCUT2D eigenvalue weighted by Gasteiger charge is -2.42. The maximum Gasteiger partial charge on any atom is 0.0737 e. The molecular weight excluding hydrogens is 623 g/mol. The predicted molar refractivity (Wildman–Crippen MR) is 220 cm³/mol. The van der Waals surface area contributed by atoms with Gasteiger partial charge in [-0.3, -0.25) is 0 Å². The van der Waals surface area contributed by atoms with Crippen LogP contribution in [0.1, 0.15) is 16.7 Å². The van der Waals surface area contributed by atoms with Gasteiger partial charge in [-0.15, -0.1) is 0 Å². The molecular formula is C48H39NS. The van der Waals surface area contributed by atoms with E-state index in [0.29, 0.717) is 0 Å². The summed E-state index contributed by atoms with van der Waals surface area (Å²) in [7, 11) is -0.785. The van der Waals surface area contributed by atoms with Gasteiger partial charge in [0.25, 0.3) is 0 Å². The second-order valence-electron chi connectivity index (χ2n) is 14.2. The minimum absolute atomic E-state index is 0.637. The lowest BCUT2D eigenvalue weighted by Crippen LogP contribution is -2.35. The van der Waals surface area contributed by atoms with Crippen molar-refractivity contribution in [2.75, 3.05) is 18.8 Å². The molecule has 7 aromatic carbocycles. The van der Waals surface area contributed by atoms with Crippen molar-refractivity contribution in [3.05, 3.63) is 198 Å². The minimum atomic E-state index is -0.785. The van der Waals surface area contributed by atoms with Gasteiger partial charge in [-0.1, -0.05) is 146 Å². The number of para-hydroxylation sites is 3. The molecule has 2 heterocycles. The summed E-state index contributed by atoms with van der Waals surface area (Å²) in [6.45, 7) is 4.94. The van der Waals surface area contributed by atoms with Gasteiger partial charge in [-0.2, -0.15) is 0 Å². The number of rotatable bonds is 6. The Morgan fingerprint density at radius 3 is 2.10 bits per heavy atom. The number of hydrogen-bond acceptors (Lipinski definition) is 0. The van der Waals surface area contributed by atoms with Crippen LogP contribution >= 0.6 is 10.0 Å². The summed E-state index contributed by atoms with van der Waals surface area (Å²) in [6, 6.07) is 53.8. The molecule has 0 saturated heterocycles. The molecule has 0 radical (unpaired) electrons. The number of benzene rings is 7. The quantitative estimate of drug-likeness (QED) is 0.123. The zero-order chi connectivity index (χ0) is 34.0. The number of hydrogen-bond donors (Lipinski definition) is 0. The molecule has 0 saturated carbocycles. The highest BCUT2D eigenvalue weighted by Gasteiger charge is 2.45. The Balaban J connectivity index is 1.37. The van der Waals surface area contributed by atoms with E-state index in [1.807, 2.05) is 0 Å². The molecule has 1 unspecified atom stereocenters. The van der Waals surface area contributed by atoms with E-state index in [9.17, 15) is 0 Å². The Bertz CT molecular complexity index is 2710. The summed E-state index contributed by atoms with van der Waals surface area (Å²) in [5, 5.41) is 9.94. The molecule has 0 N–H and O–H groups in total. The average molecular weight is 662 g/mol. The lowest BCUT2D eigenvalue weighted by atomic mass is 9.62. The van der Waals surface area contributed by atoms with Crippen molar-refractivity contribution in [3.8, 4) is 16.8 Å². The topological polar surface area (TPSA) is 4.93 Å². The molecule has 0 spiro atoms. The Labute approximate surface area is 295 Å². The first-order valence-electron chi connectivity index (χ1n) is 17.2. The molecule has 1 aromatic heterocycles. The summed E-state index contributed by atoms with van der Waals surface area (Å²) in [5.74, 6) is 0. The lowest BCUT2D eigenvalue weighted by molar-refractivity contribution is 0.729. The van der Waals surface area contributed by atoms with Crippen LogP contribution in [-0.4, -0.2) is 23.3 Å². The second kappa shape index (κ2) is 11.5. The zero-order valence-corrected chi connectivity index (χ0v) is 29.5. The van der Waals surface area contributed by atoms with Gasteiger partial charge < -0.3 is 4.57 Å². The first-order chi connectivity index (χ1) is 24.4. The maximum atomic E-state index is 4.94. The Kier molecular flexibility index (Phi) is 7.02. The fourth-order valence-electron chi connectivity index (χ4n) is 8.34. The van der Waals surface area contributed by atoms with Crippen molar-refractivity contribution in [2.24, 2.45) is 0 Å². The van der Waals surface area contributed by atoms with E-state index < -0.39 is 15.4 Å². The third-order valence-corrected chi connectivity index (χ3v) is 11.4. The first-order valence-corrected chi connectivity index (χ1v) is 20.1. The van der Waals surface area contributed by atoms with Crippen LogP contribution in [0, 0.1) is 0 Å². The summed E-state index contributed by atoms with van der Waals surface area (Å²) in [6.07, 6.45) is 13.6. The number of fused-ring (bicyclic) bond motifs is 8. The molecule has 1 aliphatic heterocycles. The average Bonchev–Trinajstić information content (AvgIpc) is 3.48. The van der Waals surface area contributed by atoms with Crippen LogP contribution in [0.5, 0.6) is 0 Å². The van der Waals surface area contributed by atoms with E-state index in [1.165, 1.54) is 76.9 Å². The molecule has 1 nitrogen and oxygen atoms in total. The molecule has 0 aliphatic carbocycles. The SMILES string of the molecule is C=C(/C=C\C=C/S(C)(C)C)C1(c2cccc(-c3cc4ccccc4c4ccccc34)c2)c2ccccc2-n2c3ccccc3c3cccc1c32. The molecule has 2 heteroatoms. The fraction of sp³-hybridized carbons (Fsp3) is 0.0833. The third kappa shape index (κ3) is 4.56. The highest BCUT2D eigenvalue weighted by atomic mass is 32.3. The smallest absolute Gasteiger partial charge is 0.0737 e. The van der Waals surface area contributed by atoms with E-state index in [-0.39, 0.29) is 0 Å². The van der Waals surface area contributed by atoms with Crippen LogP contribution in [0.15, 0.2) is 181 Å². The van der Waals surface area contributed by atoms with E-state index >= 15 is 0 Å². The second-order valence-corrected chi connectivity index (χ2v) is 18.4. The van der Waals surface area contributed by atoms with Crippen LogP contribution in [0.4, 0.5) is 0 Å². The van der Waals surface area contributed by atoms with Crippen LogP contribution < -0.4 is 0 Å². The van der Waals surface area contributed by atoms with Gasteiger partial charge in [-0.25, -0.2) is 10.0 Å². The third-order valence-electron chi connectivity index (χ3n) is 10.4. The molecule has 8 aromatic rings. The number of allylic oxidation sites excluding steroid dienone is 4. The van der Waals surface area contributed by atoms with Gasteiger partial charge in [0, 0.05) is 10.8 Å². The van der Waals surface area contributed by atoms with E-state index in [1.54, 1.807) is 0 Å². The summed E-state index contributed by atoms with van der Waals surface area (Å²) < 4.78 is 2.48. The molecule has 50 heavy (non-hydrogen) atoms. The van der Waals surface area contributed by atoms with Crippen molar-refractivity contribution >= 4 is 53.4 Å². The van der Waals surface area contributed by atoms with E-state index in [0.717, 1.165) is 5.57 Å². The molecule has 0 fully saturated rings. The Morgan fingerprint density at radius 1 is 0.600 bits per heavy atom. The summed E-state index contributed by atoms with van der Waals surface area (Å²) >= 11 is 0. The first kappa shape index (κ1) is 30.5. The van der Waals surface area contributed by atoms with Gasteiger partial charge >= 0.3 is 0 Å². The molecule has 1 aliphatic rings. The number of nitrogens with zero attached hydrogens (tertiary/aromatic N) is 1. The zero-order valence-electron chi connectivity index (χ0n) is 28.7. The van der Waals surface area contributed by atoms with Gasteiger partial charge in [0.2, 0.25) is 0 Å². The molecule has 242 valence electrons. The Hall–Kier alpha value is -5.57. The van der Waals surface area contributed by atoms with Gasteiger partial charge in [0.05, 0.1) is 22.1 Å². The van der Waals surface area contributed by atoms with Gasteiger partial charge in [-0.05, 0) is 103 Å². The van der Waals surface area contributed by atoms with E-state index in [2.05, 4.69) is 193 Å². The normalized spacial score (nSPS) is 16.2. The Morgan fingerprint density at radius 2 is 1.26 bits per heavy atom. The van der Waals surface area contributed by atoms with Crippen molar-refractivity contribution < 1.29 is 0 Å². The highest BCUT2D eigenvalue weighted by Crippen LogP contribution is 2.55. The van der Waals surface area contributed by atoms with Crippen molar-refractivity contribution in [1.82, 2.24) is 4.57 Å². The monoisotopic (exact) mass is 661 g/mol. The van der Waals surface area contributed by atoms with Crippen molar-refractivity contribution in [3.63, 3.8) is 0 Å².